The third-order valence-corrected chi connectivity index (χ3v) is 8.60. The smallest absolute Gasteiger partial charge is 0.268 e. The number of rotatable bonds is 4. The molecule has 1 N–H and O–H groups in total. The highest BCUT2D eigenvalue weighted by atomic mass is 35.5. The van der Waals surface area contributed by atoms with Crippen molar-refractivity contribution in [1.82, 2.24) is 9.29 Å². The summed E-state index contributed by atoms with van der Waals surface area (Å²) >= 11 is 12.4. The molecular formula is C22H15ClN2O3S3. The van der Waals surface area contributed by atoms with Crippen LogP contribution in [0.2, 0.25) is 5.02 Å². The third kappa shape index (κ3) is 3.53. The van der Waals surface area contributed by atoms with Crippen LogP contribution in [0.15, 0.2) is 71.6 Å². The van der Waals surface area contributed by atoms with Crippen LogP contribution in [0.3, 0.4) is 0 Å². The Morgan fingerprint density at radius 3 is 2.42 bits per heavy atom. The van der Waals surface area contributed by atoms with Crippen molar-refractivity contribution in [3.05, 3.63) is 77.3 Å². The molecule has 1 aliphatic heterocycles. The van der Waals surface area contributed by atoms with Gasteiger partial charge in [0.1, 0.15) is 4.32 Å². The maximum Gasteiger partial charge on any atom is 0.268 e. The Hall–Kier alpha value is -2.39. The van der Waals surface area contributed by atoms with Gasteiger partial charge in [0.2, 0.25) is 5.91 Å². The van der Waals surface area contributed by atoms with Gasteiger partial charge in [0, 0.05) is 15.8 Å². The Kier molecular flexibility index (Phi) is 5.05. The molecular weight excluding hydrogens is 472 g/mol. The lowest BCUT2D eigenvalue weighted by Gasteiger charge is -2.10. The van der Waals surface area contributed by atoms with Crippen molar-refractivity contribution >= 4 is 77.6 Å². The largest absolute Gasteiger partial charge is 0.311 e. The molecule has 2 heterocycles. The van der Waals surface area contributed by atoms with Crippen LogP contribution in [0.1, 0.15) is 5.56 Å². The molecule has 156 valence electrons. The molecule has 0 aliphatic carbocycles. The lowest BCUT2D eigenvalue weighted by Crippen LogP contribution is -2.25. The number of hydrogen-bond acceptors (Lipinski definition) is 5. The summed E-state index contributed by atoms with van der Waals surface area (Å²) in [6.45, 7) is 0. The van der Waals surface area contributed by atoms with E-state index in [0.29, 0.717) is 26.8 Å². The van der Waals surface area contributed by atoms with Gasteiger partial charge < -0.3 is 5.32 Å². The predicted octanol–water partition coefficient (Wildman–Crippen LogP) is 4.74. The predicted molar refractivity (Wildman–Crippen MR) is 129 cm³/mol. The summed E-state index contributed by atoms with van der Waals surface area (Å²) in [5.74, 6) is -0.0946. The van der Waals surface area contributed by atoms with Crippen molar-refractivity contribution in [1.29, 1.82) is 0 Å². The minimum absolute atomic E-state index is 0.0946. The summed E-state index contributed by atoms with van der Waals surface area (Å²) in [6.07, 6.45) is 0.510. The van der Waals surface area contributed by atoms with Gasteiger partial charge in [-0.25, -0.2) is 12.4 Å². The molecule has 1 aliphatic rings. The Balaban J connectivity index is 1.68. The van der Waals surface area contributed by atoms with Gasteiger partial charge in [0.25, 0.3) is 10.0 Å². The number of benzene rings is 3. The van der Waals surface area contributed by atoms with E-state index in [4.69, 9.17) is 23.8 Å². The number of aromatic nitrogens is 1. The zero-order valence-electron chi connectivity index (χ0n) is 15.9. The van der Waals surface area contributed by atoms with Crippen molar-refractivity contribution in [2.45, 2.75) is 16.6 Å². The van der Waals surface area contributed by atoms with Crippen molar-refractivity contribution in [2.24, 2.45) is 0 Å². The number of fused-ring (bicyclic) bond motifs is 3. The number of carbonyl (C=O) groups is 1. The fourth-order valence-electron chi connectivity index (χ4n) is 3.82. The molecule has 0 bridgehead atoms. The van der Waals surface area contributed by atoms with Crippen LogP contribution in [0, 0.1) is 0 Å². The van der Waals surface area contributed by atoms with E-state index in [1.807, 2.05) is 30.3 Å². The Morgan fingerprint density at radius 1 is 1.00 bits per heavy atom. The highest BCUT2D eigenvalue weighted by Crippen LogP contribution is 2.34. The van der Waals surface area contributed by atoms with Crippen LogP contribution in [0.25, 0.3) is 21.8 Å². The van der Waals surface area contributed by atoms with Crippen molar-refractivity contribution < 1.29 is 13.2 Å². The van der Waals surface area contributed by atoms with Gasteiger partial charge in [-0.1, -0.05) is 59.8 Å². The summed E-state index contributed by atoms with van der Waals surface area (Å²) in [6, 6.07) is 19.2. The second-order valence-electron chi connectivity index (χ2n) is 7.18. The maximum absolute atomic E-state index is 13.5. The van der Waals surface area contributed by atoms with E-state index in [0.717, 1.165) is 16.3 Å². The van der Waals surface area contributed by atoms with Gasteiger partial charge >= 0.3 is 0 Å². The normalized spacial score (nSPS) is 16.9. The molecule has 1 saturated heterocycles. The van der Waals surface area contributed by atoms with E-state index < -0.39 is 10.0 Å². The van der Waals surface area contributed by atoms with E-state index >= 15 is 0 Å². The Morgan fingerprint density at radius 2 is 1.71 bits per heavy atom. The molecule has 1 amide bonds. The number of hydrogen-bond donors (Lipinski definition) is 1. The van der Waals surface area contributed by atoms with Gasteiger partial charge in [0.15, 0.2) is 0 Å². The molecule has 9 heteroatoms. The van der Waals surface area contributed by atoms with Gasteiger partial charge in [0.05, 0.1) is 21.2 Å². The van der Waals surface area contributed by atoms with Crippen LogP contribution < -0.4 is 5.32 Å². The molecule has 1 aromatic heterocycles. The SMILES string of the molecule is O=C1NC(=S)SC1Cc1ccc2c(c1)c1ccccc1n2S(=O)(=O)c1ccc(Cl)cc1. The molecule has 0 saturated carbocycles. The van der Waals surface area contributed by atoms with Crippen molar-refractivity contribution in [3.8, 4) is 0 Å². The quantitative estimate of drug-likeness (QED) is 0.422. The number of halogens is 1. The molecule has 0 spiro atoms. The fourth-order valence-corrected chi connectivity index (χ4v) is 6.79. The van der Waals surface area contributed by atoms with Crippen LogP contribution in [-0.2, 0) is 21.2 Å². The molecule has 5 rings (SSSR count). The molecule has 1 unspecified atom stereocenters. The lowest BCUT2D eigenvalue weighted by molar-refractivity contribution is -0.118. The average Bonchev–Trinajstić information content (AvgIpc) is 3.24. The topological polar surface area (TPSA) is 68.2 Å². The number of nitrogens with one attached hydrogen (secondary N) is 1. The third-order valence-electron chi connectivity index (χ3n) is 5.23. The minimum atomic E-state index is -3.84. The Bertz CT molecular complexity index is 1480. The van der Waals surface area contributed by atoms with Gasteiger partial charge in [-0.15, -0.1) is 0 Å². The van der Waals surface area contributed by atoms with E-state index in [-0.39, 0.29) is 16.1 Å². The van der Waals surface area contributed by atoms with Crippen molar-refractivity contribution in [2.75, 3.05) is 0 Å². The fraction of sp³-hybridized carbons (Fsp3) is 0.0909. The first kappa shape index (κ1) is 20.5. The molecule has 1 fully saturated rings. The molecule has 1 atom stereocenters. The molecule has 4 aromatic rings. The van der Waals surface area contributed by atoms with E-state index in [2.05, 4.69) is 5.32 Å². The van der Waals surface area contributed by atoms with Crippen LogP contribution in [-0.4, -0.2) is 27.9 Å². The number of thioether (sulfide) groups is 1. The first-order valence-electron chi connectivity index (χ1n) is 9.39. The number of thiocarbonyl (C=S) groups is 1. The number of nitrogens with zero attached hydrogens (tertiary/aromatic N) is 1. The zero-order chi connectivity index (χ0) is 21.8. The van der Waals surface area contributed by atoms with Crippen LogP contribution in [0.5, 0.6) is 0 Å². The first-order valence-corrected chi connectivity index (χ1v) is 12.5. The number of carbonyl (C=O) groups excluding carboxylic acids is 1. The number of amides is 1. The highest BCUT2D eigenvalue weighted by Gasteiger charge is 2.29. The highest BCUT2D eigenvalue weighted by molar-refractivity contribution is 8.24. The van der Waals surface area contributed by atoms with Crippen molar-refractivity contribution in [3.63, 3.8) is 0 Å². The summed E-state index contributed by atoms with van der Waals surface area (Å²) < 4.78 is 28.9. The molecule has 3 aromatic carbocycles. The van der Waals surface area contributed by atoms with Crippen LogP contribution >= 0.6 is 35.6 Å². The summed E-state index contributed by atoms with van der Waals surface area (Å²) in [5.41, 5.74) is 2.12. The van der Waals surface area contributed by atoms with E-state index in [1.54, 1.807) is 24.3 Å². The van der Waals surface area contributed by atoms with Gasteiger partial charge in [-0.3, -0.25) is 4.79 Å². The minimum Gasteiger partial charge on any atom is -0.311 e. The summed E-state index contributed by atoms with van der Waals surface area (Å²) in [7, 11) is -3.84. The summed E-state index contributed by atoms with van der Waals surface area (Å²) in [4.78, 5) is 12.2. The lowest BCUT2D eigenvalue weighted by atomic mass is 10.1. The molecule has 5 nitrogen and oxygen atoms in total. The Labute approximate surface area is 193 Å². The van der Waals surface area contributed by atoms with E-state index in [1.165, 1.54) is 27.9 Å². The number of para-hydroxylation sites is 1. The second-order valence-corrected chi connectivity index (χ2v) is 11.3. The standard InChI is InChI=1S/C22H15ClN2O3S3/c23-14-6-8-15(9-7-14)31(27,28)25-18-4-2-1-3-16(18)17-11-13(5-10-19(17)25)12-20-21(26)24-22(29)30-20/h1-11,20H,12H2,(H,24,26,29). The van der Waals surface area contributed by atoms with Gasteiger partial charge in [-0.05, 0) is 54.4 Å². The maximum atomic E-state index is 13.5. The first-order chi connectivity index (χ1) is 14.8. The monoisotopic (exact) mass is 486 g/mol. The second kappa shape index (κ2) is 7.63. The molecule has 31 heavy (non-hydrogen) atoms. The molecule has 0 radical (unpaired) electrons. The van der Waals surface area contributed by atoms with Crippen LogP contribution in [0.4, 0.5) is 0 Å². The summed E-state index contributed by atoms with van der Waals surface area (Å²) in [5, 5.41) is 4.50. The van der Waals surface area contributed by atoms with Gasteiger partial charge in [-0.2, -0.15) is 0 Å². The zero-order valence-corrected chi connectivity index (χ0v) is 19.1. The van der Waals surface area contributed by atoms with E-state index in [9.17, 15) is 13.2 Å². The average molecular weight is 487 g/mol.